The van der Waals surface area contributed by atoms with E-state index in [1.165, 1.54) is 0 Å². The van der Waals surface area contributed by atoms with Gasteiger partial charge in [0, 0.05) is 12.8 Å². The van der Waals surface area contributed by atoms with Gasteiger partial charge in [0.2, 0.25) is 0 Å². The van der Waals surface area contributed by atoms with E-state index in [1.807, 2.05) is 6.92 Å². The summed E-state index contributed by atoms with van der Waals surface area (Å²) in [5.74, 6) is 0.441. The Morgan fingerprint density at radius 2 is 1.87 bits per heavy atom. The highest BCUT2D eigenvalue weighted by Crippen LogP contribution is 2.35. The highest BCUT2D eigenvalue weighted by molar-refractivity contribution is 6.37. The highest BCUT2D eigenvalue weighted by Gasteiger charge is 2.10. The fourth-order valence-corrected chi connectivity index (χ4v) is 1.60. The Hall–Kier alpha value is -0.640. The molecule has 0 radical (unpaired) electrons. The molecule has 3 nitrogen and oxygen atoms in total. The van der Waals surface area contributed by atoms with Crippen LogP contribution in [0, 0.1) is 0 Å². The zero-order chi connectivity index (χ0) is 11.4. The van der Waals surface area contributed by atoms with Gasteiger partial charge in [-0.1, -0.05) is 23.2 Å². The number of rotatable bonds is 4. The molecule has 5 heteroatoms. The van der Waals surface area contributed by atoms with Crippen LogP contribution in [0.3, 0.4) is 0 Å². The van der Waals surface area contributed by atoms with Crippen molar-refractivity contribution >= 4 is 28.9 Å². The van der Waals surface area contributed by atoms with Gasteiger partial charge in [-0.15, -0.1) is 0 Å². The van der Waals surface area contributed by atoms with Gasteiger partial charge in [-0.3, -0.25) is 0 Å². The maximum atomic E-state index is 5.93. The summed E-state index contributed by atoms with van der Waals surface area (Å²) in [6.07, 6.45) is -0.0188. The van der Waals surface area contributed by atoms with Gasteiger partial charge in [-0.25, -0.2) is 0 Å². The molecule has 0 aliphatic rings. The van der Waals surface area contributed by atoms with E-state index in [9.17, 15) is 0 Å². The van der Waals surface area contributed by atoms with Crippen molar-refractivity contribution in [3.05, 3.63) is 22.2 Å². The fourth-order valence-electron chi connectivity index (χ4n) is 0.986. The summed E-state index contributed by atoms with van der Waals surface area (Å²) in [6.45, 7) is 2.28. The number of halogens is 2. The Morgan fingerprint density at radius 3 is 2.33 bits per heavy atom. The molecule has 1 atom stereocenters. The lowest BCUT2D eigenvalue weighted by atomic mass is 10.3. The maximum absolute atomic E-state index is 5.93. The number of nitrogens with two attached hydrogens (primary N) is 1. The molecule has 2 N–H and O–H groups in total. The Labute approximate surface area is 99.1 Å². The minimum atomic E-state index is -0.0188. The summed E-state index contributed by atoms with van der Waals surface area (Å²) in [6, 6.07) is 3.19. The molecule has 15 heavy (non-hydrogen) atoms. The summed E-state index contributed by atoms with van der Waals surface area (Å²) < 4.78 is 10.5. The second kappa shape index (κ2) is 5.45. The van der Waals surface area contributed by atoms with Gasteiger partial charge in [0.15, 0.2) is 5.75 Å². The van der Waals surface area contributed by atoms with E-state index < -0.39 is 0 Å². The topological polar surface area (TPSA) is 44.5 Å². The van der Waals surface area contributed by atoms with Crippen LogP contribution in [0.25, 0.3) is 0 Å². The van der Waals surface area contributed by atoms with E-state index in [4.69, 9.17) is 38.4 Å². The summed E-state index contributed by atoms with van der Waals surface area (Å²) in [5.41, 5.74) is 6.07. The van der Waals surface area contributed by atoms with Crippen LogP contribution in [0.15, 0.2) is 12.1 Å². The summed E-state index contributed by atoms with van der Waals surface area (Å²) in [4.78, 5) is 0. The van der Waals surface area contributed by atoms with E-state index >= 15 is 0 Å². The Morgan fingerprint density at radius 1 is 1.33 bits per heavy atom. The second-order valence-corrected chi connectivity index (χ2v) is 3.99. The quantitative estimate of drug-likeness (QED) is 0.835. The third-order valence-corrected chi connectivity index (χ3v) is 2.45. The molecular formula is C10H13Cl2NO2. The average Bonchev–Trinajstić information content (AvgIpc) is 2.15. The first-order chi connectivity index (χ1) is 7.04. The molecule has 0 amide bonds. The molecule has 84 valence electrons. The molecule has 1 rings (SSSR count). The summed E-state index contributed by atoms with van der Waals surface area (Å²) in [5, 5.41) is 0.812. The monoisotopic (exact) mass is 249 g/mol. The first-order valence-corrected chi connectivity index (χ1v) is 5.20. The van der Waals surface area contributed by atoms with Gasteiger partial charge in [0.05, 0.1) is 16.1 Å². The van der Waals surface area contributed by atoms with Crippen LogP contribution in [0.4, 0.5) is 5.69 Å². The van der Waals surface area contributed by atoms with E-state index in [0.29, 0.717) is 28.1 Å². The SMILES string of the molecule is COC(C)COc1c(Cl)cc(N)cc1Cl. The molecular weight excluding hydrogens is 237 g/mol. The number of methoxy groups -OCH3 is 1. The molecule has 0 bridgehead atoms. The number of anilines is 1. The molecule has 1 aromatic rings. The Kier molecular flexibility index (Phi) is 4.51. The minimum Gasteiger partial charge on any atom is -0.488 e. The lowest BCUT2D eigenvalue weighted by molar-refractivity contribution is 0.0717. The average molecular weight is 250 g/mol. The molecule has 0 aromatic heterocycles. The number of hydrogen-bond donors (Lipinski definition) is 1. The van der Waals surface area contributed by atoms with Gasteiger partial charge in [0.1, 0.15) is 6.61 Å². The van der Waals surface area contributed by atoms with Crippen LogP contribution < -0.4 is 10.5 Å². The molecule has 1 aromatic carbocycles. The zero-order valence-corrected chi connectivity index (χ0v) is 10.1. The van der Waals surface area contributed by atoms with Crippen molar-refractivity contribution in [3.8, 4) is 5.75 Å². The van der Waals surface area contributed by atoms with Crippen molar-refractivity contribution in [2.24, 2.45) is 0 Å². The van der Waals surface area contributed by atoms with Crippen LogP contribution in [-0.4, -0.2) is 19.8 Å². The highest BCUT2D eigenvalue weighted by atomic mass is 35.5. The van der Waals surface area contributed by atoms with Crippen molar-refractivity contribution in [1.82, 2.24) is 0 Å². The van der Waals surface area contributed by atoms with E-state index in [1.54, 1.807) is 19.2 Å². The van der Waals surface area contributed by atoms with Crippen LogP contribution in [0.2, 0.25) is 10.0 Å². The smallest absolute Gasteiger partial charge is 0.156 e. The third kappa shape index (κ3) is 3.45. The van der Waals surface area contributed by atoms with E-state index in [2.05, 4.69) is 0 Å². The van der Waals surface area contributed by atoms with Crippen molar-refractivity contribution in [2.45, 2.75) is 13.0 Å². The molecule has 1 unspecified atom stereocenters. The van der Waals surface area contributed by atoms with Crippen LogP contribution in [-0.2, 0) is 4.74 Å². The summed E-state index contributed by atoms with van der Waals surface area (Å²) >= 11 is 11.9. The van der Waals surface area contributed by atoms with Crippen LogP contribution in [0.5, 0.6) is 5.75 Å². The van der Waals surface area contributed by atoms with Gasteiger partial charge in [0.25, 0.3) is 0 Å². The van der Waals surface area contributed by atoms with Crippen molar-refractivity contribution < 1.29 is 9.47 Å². The first-order valence-electron chi connectivity index (χ1n) is 4.44. The van der Waals surface area contributed by atoms with Gasteiger partial charge < -0.3 is 15.2 Å². The normalized spacial score (nSPS) is 12.5. The fraction of sp³-hybridized carbons (Fsp3) is 0.400. The van der Waals surface area contributed by atoms with Crippen LogP contribution in [0.1, 0.15) is 6.92 Å². The predicted octanol–water partition coefficient (Wildman–Crippen LogP) is 2.99. The lowest BCUT2D eigenvalue weighted by Gasteiger charge is -2.14. The van der Waals surface area contributed by atoms with Crippen molar-refractivity contribution in [3.63, 3.8) is 0 Å². The number of ether oxygens (including phenoxy) is 2. The van der Waals surface area contributed by atoms with Gasteiger partial charge in [-0.2, -0.15) is 0 Å². The first kappa shape index (κ1) is 12.4. The molecule has 0 saturated carbocycles. The van der Waals surface area contributed by atoms with Gasteiger partial charge in [-0.05, 0) is 19.1 Å². The number of nitrogen functional groups attached to an aromatic ring is 1. The Bertz CT molecular complexity index is 321. The predicted molar refractivity (Wildman–Crippen MR) is 62.8 cm³/mol. The Balaban J connectivity index is 2.77. The van der Waals surface area contributed by atoms with Crippen molar-refractivity contribution in [1.29, 1.82) is 0 Å². The number of benzene rings is 1. The minimum absolute atomic E-state index is 0.0188. The maximum Gasteiger partial charge on any atom is 0.156 e. The van der Waals surface area contributed by atoms with E-state index in [-0.39, 0.29) is 6.10 Å². The molecule has 0 heterocycles. The van der Waals surface area contributed by atoms with Crippen molar-refractivity contribution in [2.75, 3.05) is 19.5 Å². The second-order valence-electron chi connectivity index (χ2n) is 3.17. The largest absolute Gasteiger partial charge is 0.488 e. The molecule has 0 fully saturated rings. The molecule has 0 aliphatic carbocycles. The number of hydrogen-bond acceptors (Lipinski definition) is 3. The van der Waals surface area contributed by atoms with Gasteiger partial charge >= 0.3 is 0 Å². The standard InChI is InChI=1S/C10H13Cl2NO2/c1-6(14-2)5-15-10-8(11)3-7(13)4-9(10)12/h3-4,6H,5,13H2,1-2H3. The van der Waals surface area contributed by atoms with Crippen LogP contribution >= 0.6 is 23.2 Å². The third-order valence-electron chi connectivity index (χ3n) is 1.89. The zero-order valence-electron chi connectivity index (χ0n) is 8.59. The summed E-state index contributed by atoms with van der Waals surface area (Å²) in [7, 11) is 1.61. The lowest BCUT2D eigenvalue weighted by Crippen LogP contribution is -2.16. The van der Waals surface area contributed by atoms with E-state index in [0.717, 1.165) is 0 Å². The molecule has 0 spiro atoms. The molecule has 0 saturated heterocycles. The molecule has 0 aliphatic heterocycles.